The summed E-state index contributed by atoms with van der Waals surface area (Å²) in [7, 11) is 0. The van der Waals surface area contributed by atoms with E-state index in [9.17, 15) is 18.4 Å². The Bertz CT molecular complexity index is 629. The number of amides is 2. The predicted octanol–water partition coefficient (Wildman–Crippen LogP) is 1.34. The van der Waals surface area contributed by atoms with Crippen molar-refractivity contribution in [2.45, 2.75) is 18.9 Å². The first-order valence-electron chi connectivity index (χ1n) is 7.56. The van der Waals surface area contributed by atoms with E-state index < -0.39 is 17.5 Å². The van der Waals surface area contributed by atoms with Crippen molar-refractivity contribution in [3.63, 3.8) is 0 Å². The maximum absolute atomic E-state index is 13.1. The van der Waals surface area contributed by atoms with Gasteiger partial charge in [0.1, 0.15) is 18.2 Å². The Morgan fingerprint density at radius 3 is 2.46 bits per heavy atom. The fourth-order valence-corrected chi connectivity index (χ4v) is 2.49. The zero-order valence-electron chi connectivity index (χ0n) is 13.1. The van der Waals surface area contributed by atoms with Crippen molar-refractivity contribution in [2.75, 3.05) is 26.2 Å². The molecule has 1 aromatic carbocycles. The average molecular weight is 336 g/mol. The highest BCUT2D eigenvalue weighted by Gasteiger charge is 2.23. The molecule has 0 radical (unpaired) electrons. The van der Waals surface area contributed by atoms with Crippen LogP contribution in [0.25, 0.3) is 0 Å². The summed E-state index contributed by atoms with van der Waals surface area (Å²) in [5.74, 6) is -0.246. The molecule has 1 N–H and O–H groups in total. The van der Waals surface area contributed by atoms with Crippen LogP contribution in [-0.2, 0) is 9.53 Å². The molecule has 0 atom stereocenters. The van der Waals surface area contributed by atoms with E-state index in [4.69, 9.17) is 11.2 Å². The van der Waals surface area contributed by atoms with E-state index in [0.29, 0.717) is 32.0 Å². The van der Waals surface area contributed by atoms with E-state index >= 15 is 0 Å². The minimum atomic E-state index is -0.847. The number of hydrogen-bond acceptors (Lipinski definition) is 3. The largest absolute Gasteiger partial charge is 0.365 e. The van der Waals surface area contributed by atoms with Crippen molar-refractivity contribution < 1.29 is 23.1 Å². The summed E-state index contributed by atoms with van der Waals surface area (Å²) in [4.78, 5) is 25.5. The molecule has 0 saturated carbocycles. The Morgan fingerprint density at radius 2 is 1.88 bits per heavy atom. The van der Waals surface area contributed by atoms with Crippen molar-refractivity contribution in [2.24, 2.45) is 0 Å². The number of nitrogens with zero attached hydrogens (tertiary/aromatic N) is 1. The number of hydrogen-bond donors (Lipinski definition) is 1. The van der Waals surface area contributed by atoms with Crippen LogP contribution in [0.3, 0.4) is 0 Å². The van der Waals surface area contributed by atoms with Gasteiger partial charge in [0.05, 0.1) is 12.6 Å². The molecular formula is C17H18F2N2O3. The topological polar surface area (TPSA) is 58.6 Å². The fraction of sp³-hybridized carbons (Fsp3) is 0.412. The predicted molar refractivity (Wildman–Crippen MR) is 83.1 cm³/mol. The zero-order valence-corrected chi connectivity index (χ0v) is 13.1. The molecule has 1 aliphatic rings. The van der Waals surface area contributed by atoms with Crippen molar-refractivity contribution in [3.05, 3.63) is 35.4 Å². The van der Waals surface area contributed by atoms with E-state index in [2.05, 4.69) is 11.2 Å². The van der Waals surface area contributed by atoms with E-state index in [-0.39, 0.29) is 30.7 Å². The molecule has 1 fully saturated rings. The van der Waals surface area contributed by atoms with Crippen LogP contribution in [0.1, 0.15) is 23.2 Å². The molecule has 1 aliphatic heterocycles. The number of benzene rings is 1. The van der Waals surface area contributed by atoms with Gasteiger partial charge in [-0.1, -0.05) is 5.92 Å². The van der Waals surface area contributed by atoms with Gasteiger partial charge in [-0.05, 0) is 25.0 Å². The number of ether oxygens (including phenoxy) is 1. The van der Waals surface area contributed by atoms with Gasteiger partial charge >= 0.3 is 0 Å². The lowest BCUT2D eigenvalue weighted by molar-refractivity contribution is -0.132. The number of nitrogens with one attached hydrogen (secondary N) is 1. The van der Waals surface area contributed by atoms with Crippen LogP contribution in [0.2, 0.25) is 0 Å². The molecule has 0 spiro atoms. The van der Waals surface area contributed by atoms with Crippen LogP contribution in [0.5, 0.6) is 0 Å². The summed E-state index contributed by atoms with van der Waals surface area (Å²) in [5.41, 5.74) is -0.165. The number of rotatable bonds is 5. The van der Waals surface area contributed by atoms with Crippen LogP contribution in [0.4, 0.5) is 8.78 Å². The van der Waals surface area contributed by atoms with Crippen molar-refractivity contribution in [1.29, 1.82) is 0 Å². The summed E-state index contributed by atoms with van der Waals surface area (Å²) in [6.45, 7) is 1.04. The number of carbonyl (C=O) groups excluding carboxylic acids is 2. The van der Waals surface area contributed by atoms with Crippen LogP contribution in [-0.4, -0.2) is 49.1 Å². The smallest absolute Gasteiger partial charge is 0.251 e. The highest BCUT2D eigenvalue weighted by molar-refractivity contribution is 5.96. The lowest BCUT2D eigenvalue weighted by Crippen LogP contribution is -2.45. The Morgan fingerprint density at radius 1 is 1.25 bits per heavy atom. The van der Waals surface area contributed by atoms with Gasteiger partial charge in [0.15, 0.2) is 0 Å². The van der Waals surface area contributed by atoms with Crippen LogP contribution >= 0.6 is 0 Å². The molecule has 0 unspecified atom stereocenters. The highest BCUT2D eigenvalue weighted by atomic mass is 19.1. The second-order valence-electron chi connectivity index (χ2n) is 5.44. The second-order valence-corrected chi connectivity index (χ2v) is 5.44. The van der Waals surface area contributed by atoms with E-state index in [1.54, 1.807) is 4.90 Å². The zero-order chi connectivity index (χ0) is 17.5. The minimum absolute atomic E-state index is 0.0370. The second kappa shape index (κ2) is 8.41. The molecule has 0 aliphatic carbocycles. The van der Waals surface area contributed by atoms with Crippen molar-refractivity contribution in [3.8, 4) is 12.3 Å². The molecule has 0 bridgehead atoms. The fourth-order valence-electron chi connectivity index (χ4n) is 2.49. The van der Waals surface area contributed by atoms with Gasteiger partial charge < -0.3 is 15.0 Å². The summed E-state index contributed by atoms with van der Waals surface area (Å²) in [6, 6.07) is 2.50. The van der Waals surface area contributed by atoms with Gasteiger partial charge in [0, 0.05) is 24.7 Å². The van der Waals surface area contributed by atoms with E-state index in [1.165, 1.54) is 0 Å². The minimum Gasteiger partial charge on any atom is -0.365 e. The van der Waals surface area contributed by atoms with Gasteiger partial charge in [-0.15, -0.1) is 6.42 Å². The highest BCUT2D eigenvalue weighted by Crippen LogP contribution is 2.13. The maximum Gasteiger partial charge on any atom is 0.251 e. The molecule has 0 aromatic heterocycles. The van der Waals surface area contributed by atoms with E-state index in [0.717, 1.165) is 12.1 Å². The SMILES string of the molecule is C#CCOC1CCN(C(=O)CNC(=O)c2cc(F)cc(F)c2)CC1. The molecule has 1 aromatic rings. The summed E-state index contributed by atoms with van der Waals surface area (Å²) < 4.78 is 31.6. The van der Waals surface area contributed by atoms with Crippen LogP contribution < -0.4 is 5.32 Å². The molecule has 1 heterocycles. The molecule has 24 heavy (non-hydrogen) atoms. The number of likely N-dealkylation sites (tertiary alicyclic amines) is 1. The lowest BCUT2D eigenvalue weighted by Gasteiger charge is -2.31. The Hall–Kier alpha value is -2.46. The third-order valence-electron chi connectivity index (χ3n) is 3.72. The quantitative estimate of drug-likeness (QED) is 0.826. The Balaban J connectivity index is 1.79. The van der Waals surface area contributed by atoms with Crippen LogP contribution in [0, 0.1) is 24.0 Å². The third kappa shape index (κ3) is 5.03. The normalized spacial score (nSPS) is 15.0. The first kappa shape index (κ1) is 17.9. The van der Waals surface area contributed by atoms with Gasteiger partial charge in [0.2, 0.25) is 5.91 Å². The Labute approximate surface area is 139 Å². The lowest BCUT2D eigenvalue weighted by atomic mass is 10.1. The van der Waals surface area contributed by atoms with Crippen LogP contribution in [0.15, 0.2) is 18.2 Å². The standard InChI is InChI=1S/C17H18F2N2O3/c1-2-7-24-15-3-5-21(6-4-15)16(22)11-20-17(23)12-8-13(18)10-14(19)9-12/h1,8-10,15H,3-7,11H2,(H,20,23). The molecule has 7 heteroatoms. The number of terminal acetylenes is 1. The first-order chi connectivity index (χ1) is 11.5. The summed E-state index contributed by atoms with van der Waals surface area (Å²) in [6.07, 6.45) is 6.52. The molecule has 128 valence electrons. The van der Waals surface area contributed by atoms with Crippen molar-refractivity contribution in [1.82, 2.24) is 10.2 Å². The average Bonchev–Trinajstić information content (AvgIpc) is 2.57. The number of piperidine rings is 1. The molecule has 1 saturated heterocycles. The third-order valence-corrected chi connectivity index (χ3v) is 3.72. The van der Waals surface area contributed by atoms with E-state index in [1.807, 2.05) is 0 Å². The van der Waals surface area contributed by atoms with Gasteiger partial charge in [-0.2, -0.15) is 0 Å². The number of halogens is 2. The van der Waals surface area contributed by atoms with Gasteiger partial charge in [0.25, 0.3) is 5.91 Å². The van der Waals surface area contributed by atoms with Gasteiger partial charge in [-0.3, -0.25) is 9.59 Å². The summed E-state index contributed by atoms with van der Waals surface area (Å²) in [5, 5.41) is 2.37. The maximum atomic E-state index is 13.1. The van der Waals surface area contributed by atoms with Gasteiger partial charge in [-0.25, -0.2) is 8.78 Å². The molecule has 2 rings (SSSR count). The number of carbonyl (C=O) groups is 2. The molecule has 5 nitrogen and oxygen atoms in total. The summed E-state index contributed by atoms with van der Waals surface area (Å²) >= 11 is 0. The Kier molecular flexibility index (Phi) is 6.27. The molecular weight excluding hydrogens is 318 g/mol. The molecule has 2 amide bonds. The first-order valence-corrected chi connectivity index (χ1v) is 7.56. The monoisotopic (exact) mass is 336 g/mol. The van der Waals surface area contributed by atoms with Crippen molar-refractivity contribution >= 4 is 11.8 Å².